The molecule has 3 heteroatoms. The molecular weight excluding hydrogens is 172 g/mol. The number of nitrogens with zero attached hydrogens (tertiary/aromatic N) is 2. The van der Waals surface area contributed by atoms with Gasteiger partial charge in [0.1, 0.15) is 0 Å². The first-order chi connectivity index (χ1) is 5.77. The van der Waals surface area contributed by atoms with Crippen LogP contribution in [0.1, 0.15) is 26.0 Å². The average Bonchev–Trinajstić information content (AvgIpc) is 2.51. The highest BCUT2D eigenvalue weighted by molar-refractivity contribution is 6.16. The molecular formula is C9H15ClN2. The molecule has 1 atom stereocenters. The van der Waals surface area contributed by atoms with Crippen molar-refractivity contribution in [2.45, 2.75) is 32.7 Å². The molecule has 1 aromatic rings. The SMILES string of the molecule is CCC(C)Cn1cncc1CCl. The summed E-state index contributed by atoms with van der Waals surface area (Å²) in [7, 11) is 0. The fourth-order valence-corrected chi connectivity index (χ4v) is 1.31. The largest absolute Gasteiger partial charge is 0.333 e. The number of hydrogen-bond acceptors (Lipinski definition) is 1. The topological polar surface area (TPSA) is 17.8 Å². The van der Waals surface area contributed by atoms with Crippen LogP contribution in [0, 0.1) is 5.92 Å². The lowest BCUT2D eigenvalue weighted by atomic mass is 10.1. The van der Waals surface area contributed by atoms with Crippen LogP contribution >= 0.6 is 11.6 Å². The quantitative estimate of drug-likeness (QED) is 0.662. The Morgan fingerprint density at radius 2 is 2.42 bits per heavy atom. The highest BCUT2D eigenvalue weighted by Crippen LogP contribution is 2.09. The van der Waals surface area contributed by atoms with Gasteiger partial charge < -0.3 is 4.57 Å². The van der Waals surface area contributed by atoms with E-state index in [1.807, 2.05) is 12.5 Å². The molecule has 1 rings (SSSR count). The first kappa shape index (κ1) is 9.59. The van der Waals surface area contributed by atoms with E-state index in [4.69, 9.17) is 11.6 Å². The maximum absolute atomic E-state index is 5.74. The molecule has 0 fully saturated rings. The third-order valence-electron chi connectivity index (χ3n) is 2.14. The summed E-state index contributed by atoms with van der Waals surface area (Å²) in [6.45, 7) is 5.46. The molecule has 0 aliphatic heterocycles. The van der Waals surface area contributed by atoms with Gasteiger partial charge in [-0.05, 0) is 5.92 Å². The minimum Gasteiger partial charge on any atom is -0.333 e. The van der Waals surface area contributed by atoms with Crippen molar-refractivity contribution in [1.82, 2.24) is 9.55 Å². The molecule has 68 valence electrons. The second-order valence-electron chi connectivity index (χ2n) is 3.18. The summed E-state index contributed by atoms with van der Waals surface area (Å²) < 4.78 is 2.13. The molecule has 0 N–H and O–H groups in total. The Bertz CT molecular complexity index is 232. The van der Waals surface area contributed by atoms with Crippen LogP contribution in [0.25, 0.3) is 0 Å². The molecule has 1 unspecified atom stereocenters. The van der Waals surface area contributed by atoms with E-state index in [0.29, 0.717) is 11.8 Å². The number of imidazole rings is 1. The van der Waals surface area contributed by atoms with Gasteiger partial charge in [-0.15, -0.1) is 11.6 Å². The van der Waals surface area contributed by atoms with Crippen molar-refractivity contribution in [3.8, 4) is 0 Å². The van der Waals surface area contributed by atoms with Gasteiger partial charge in [0.15, 0.2) is 0 Å². The van der Waals surface area contributed by atoms with E-state index >= 15 is 0 Å². The molecule has 0 radical (unpaired) electrons. The Kier molecular flexibility index (Phi) is 3.60. The minimum absolute atomic E-state index is 0.552. The van der Waals surface area contributed by atoms with Gasteiger partial charge in [0, 0.05) is 12.7 Å². The van der Waals surface area contributed by atoms with Crippen LogP contribution in [0.2, 0.25) is 0 Å². The van der Waals surface area contributed by atoms with E-state index in [-0.39, 0.29) is 0 Å². The number of rotatable bonds is 4. The Labute approximate surface area is 78.6 Å². The summed E-state index contributed by atoms with van der Waals surface area (Å²) in [6.07, 6.45) is 4.87. The molecule has 0 aliphatic rings. The van der Waals surface area contributed by atoms with E-state index in [2.05, 4.69) is 23.4 Å². The van der Waals surface area contributed by atoms with Crippen LogP contribution in [-0.2, 0) is 12.4 Å². The van der Waals surface area contributed by atoms with Crippen LogP contribution in [0.5, 0.6) is 0 Å². The summed E-state index contributed by atoms with van der Waals surface area (Å²) in [5.41, 5.74) is 1.11. The van der Waals surface area contributed by atoms with Crippen molar-refractivity contribution in [1.29, 1.82) is 0 Å². The molecule has 0 bridgehead atoms. The van der Waals surface area contributed by atoms with Gasteiger partial charge in [-0.3, -0.25) is 0 Å². The van der Waals surface area contributed by atoms with Crippen LogP contribution in [0.3, 0.4) is 0 Å². The second-order valence-corrected chi connectivity index (χ2v) is 3.45. The fraction of sp³-hybridized carbons (Fsp3) is 0.667. The number of hydrogen-bond donors (Lipinski definition) is 0. The maximum Gasteiger partial charge on any atom is 0.0948 e. The van der Waals surface area contributed by atoms with Crippen molar-refractivity contribution >= 4 is 11.6 Å². The van der Waals surface area contributed by atoms with Crippen molar-refractivity contribution in [3.63, 3.8) is 0 Å². The van der Waals surface area contributed by atoms with Crippen LogP contribution in [0.4, 0.5) is 0 Å². The van der Waals surface area contributed by atoms with Crippen molar-refractivity contribution in [2.75, 3.05) is 0 Å². The van der Waals surface area contributed by atoms with Crippen molar-refractivity contribution in [3.05, 3.63) is 18.2 Å². The standard InChI is InChI=1S/C9H15ClN2/c1-3-8(2)6-12-7-11-5-9(12)4-10/h5,7-8H,3-4,6H2,1-2H3. The summed E-state index contributed by atoms with van der Waals surface area (Å²) in [5.74, 6) is 1.25. The number of alkyl halides is 1. The van der Waals surface area contributed by atoms with E-state index < -0.39 is 0 Å². The zero-order chi connectivity index (χ0) is 8.97. The Morgan fingerprint density at radius 3 is 3.00 bits per heavy atom. The molecule has 1 aromatic heterocycles. The van der Waals surface area contributed by atoms with Gasteiger partial charge in [-0.2, -0.15) is 0 Å². The zero-order valence-corrected chi connectivity index (χ0v) is 8.38. The van der Waals surface area contributed by atoms with Gasteiger partial charge in [-0.25, -0.2) is 4.98 Å². The average molecular weight is 187 g/mol. The van der Waals surface area contributed by atoms with Crippen molar-refractivity contribution < 1.29 is 0 Å². The van der Waals surface area contributed by atoms with Crippen LogP contribution in [0.15, 0.2) is 12.5 Å². The second kappa shape index (κ2) is 4.51. The molecule has 0 amide bonds. The van der Waals surface area contributed by atoms with Gasteiger partial charge in [-0.1, -0.05) is 20.3 Å². The molecule has 0 saturated heterocycles. The van der Waals surface area contributed by atoms with Gasteiger partial charge in [0.05, 0.1) is 17.9 Å². The lowest BCUT2D eigenvalue weighted by molar-refractivity contribution is 0.462. The van der Waals surface area contributed by atoms with Crippen molar-refractivity contribution in [2.24, 2.45) is 5.92 Å². The first-order valence-electron chi connectivity index (χ1n) is 4.32. The maximum atomic E-state index is 5.74. The Hall–Kier alpha value is -0.500. The Balaban J connectivity index is 2.61. The third-order valence-corrected chi connectivity index (χ3v) is 2.41. The lowest BCUT2D eigenvalue weighted by Crippen LogP contribution is -2.07. The predicted molar refractivity (Wildman–Crippen MR) is 51.2 cm³/mol. The monoisotopic (exact) mass is 186 g/mol. The van der Waals surface area contributed by atoms with Crippen LogP contribution < -0.4 is 0 Å². The number of halogens is 1. The molecule has 2 nitrogen and oxygen atoms in total. The predicted octanol–water partition coefficient (Wildman–Crippen LogP) is 2.67. The summed E-state index contributed by atoms with van der Waals surface area (Å²) in [6, 6.07) is 0. The molecule has 0 aromatic carbocycles. The molecule has 0 saturated carbocycles. The highest BCUT2D eigenvalue weighted by atomic mass is 35.5. The van der Waals surface area contributed by atoms with E-state index in [1.54, 1.807) is 0 Å². The number of aromatic nitrogens is 2. The van der Waals surface area contributed by atoms with E-state index in [1.165, 1.54) is 6.42 Å². The van der Waals surface area contributed by atoms with E-state index in [0.717, 1.165) is 12.2 Å². The van der Waals surface area contributed by atoms with E-state index in [9.17, 15) is 0 Å². The van der Waals surface area contributed by atoms with Gasteiger partial charge >= 0.3 is 0 Å². The minimum atomic E-state index is 0.552. The molecule has 0 aliphatic carbocycles. The van der Waals surface area contributed by atoms with Gasteiger partial charge in [0.2, 0.25) is 0 Å². The third kappa shape index (κ3) is 2.24. The fourth-order valence-electron chi connectivity index (χ4n) is 1.09. The lowest BCUT2D eigenvalue weighted by Gasteiger charge is -2.10. The highest BCUT2D eigenvalue weighted by Gasteiger charge is 2.03. The first-order valence-corrected chi connectivity index (χ1v) is 4.86. The van der Waals surface area contributed by atoms with Crippen LogP contribution in [-0.4, -0.2) is 9.55 Å². The smallest absolute Gasteiger partial charge is 0.0948 e. The zero-order valence-electron chi connectivity index (χ0n) is 7.63. The summed E-state index contributed by atoms with van der Waals surface area (Å²) in [4.78, 5) is 4.06. The molecule has 0 spiro atoms. The normalized spacial score (nSPS) is 13.2. The summed E-state index contributed by atoms with van der Waals surface area (Å²) in [5, 5.41) is 0. The molecule has 12 heavy (non-hydrogen) atoms. The van der Waals surface area contributed by atoms with Gasteiger partial charge in [0.25, 0.3) is 0 Å². The summed E-state index contributed by atoms with van der Waals surface area (Å²) >= 11 is 5.74. The molecule has 1 heterocycles. The Morgan fingerprint density at radius 1 is 1.67 bits per heavy atom.